The van der Waals surface area contributed by atoms with Gasteiger partial charge in [0.25, 0.3) is 0 Å². The van der Waals surface area contributed by atoms with Gasteiger partial charge in [-0.2, -0.15) is 0 Å². The Hall–Kier alpha value is -2.15. The number of quaternary nitrogens is 1. The van der Waals surface area contributed by atoms with Gasteiger partial charge in [0.2, 0.25) is 0 Å². The van der Waals surface area contributed by atoms with E-state index >= 15 is 0 Å². The van der Waals surface area contributed by atoms with E-state index < -0.39 is 50.8 Å². The lowest BCUT2D eigenvalue weighted by molar-refractivity contribution is -0.870. The van der Waals surface area contributed by atoms with E-state index in [1.54, 1.807) is 42.5 Å². The second kappa shape index (κ2) is 33.9. The molecular formula is C42H77NO11P+. The first kappa shape index (κ1) is 52.9. The van der Waals surface area contributed by atoms with E-state index in [9.17, 15) is 34.4 Å². The summed E-state index contributed by atoms with van der Waals surface area (Å²) in [6.07, 6.45) is 26.8. The summed E-state index contributed by atoms with van der Waals surface area (Å²) in [5, 5.41) is 30.5. The molecule has 0 radical (unpaired) electrons. The fourth-order valence-electron chi connectivity index (χ4n) is 5.28. The summed E-state index contributed by atoms with van der Waals surface area (Å²) in [6.45, 7) is 3.88. The second-order valence-corrected chi connectivity index (χ2v) is 16.7. The summed E-state index contributed by atoms with van der Waals surface area (Å²) >= 11 is 0. The first-order valence-electron chi connectivity index (χ1n) is 20.7. The third-order valence-corrected chi connectivity index (χ3v) is 9.71. The minimum Gasteiger partial charge on any atom is -0.462 e. The van der Waals surface area contributed by atoms with Crippen molar-refractivity contribution >= 4 is 19.8 Å². The molecule has 0 bridgehead atoms. The Morgan fingerprint density at radius 2 is 1.16 bits per heavy atom. The molecule has 0 heterocycles. The van der Waals surface area contributed by atoms with Crippen LogP contribution in [0.2, 0.25) is 0 Å². The van der Waals surface area contributed by atoms with Crippen molar-refractivity contribution < 1.29 is 57.4 Å². The number of hydrogen-bond donors (Lipinski definition) is 4. The fraction of sp³-hybridized carbons (Fsp3) is 0.762. The zero-order valence-electron chi connectivity index (χ0n) is 34.7. The van der Waals surface area contributed by atoms with E-state index in [1.165, 1.54) is 51.0 Å². The molecule has 0 fully saturated rings. The number of aliphatic hydroxyl groups excluding tert-OH is 3. The molecular weight excluding hydrogens is 725 g/mol. The van der Waals surface area contributed by atoms with Gasteiger partial charge in [-0.15, -0.1) is 0 Å². The third kappa shape index (κ3) is 36.0. The van der Waals surface area contributed by atoms with Crippen molar-refractivity contribution in [1.82, 2.24) is 0 Å². The van der Waals surface area contributed by atoms with Crippen LogP contribution in [0, 0.1) is 0 Å². The number of allylic oxidation sites excluding steroid dienone is 6. The minimum absolute atomic E-state index is 0.0327. The van der Waals surface area contributed by atoms with Gasteiger partial charge >= 0.3 is 19.8 Å². The predicted molar refractivity (Wildman–Crippen MR) is 219 cm³/mol. The molecule has 12 nitrogen and oxygen atoms in total. The van der Waals surface area contributed by atoms with Crippen molar-refractivity contribution in [1.29, 1.82) is 0 Å². The Balaban J connectivity index is 4.77. The Bertz CT molecular complexity index is 1140. The van der Waals surface area contributed by atoms with E-state index in [1.807, 2.05) is 21.1 Å². The molecule has 0 aliphatic rings. The zero-order chi connectivity index (χ0) is 41.2. The highest BCUT2D eigenvalue weighted by Gasteiger charge is 2.27. The number of phosphoric ester groups is 1. The van der Waals surface area contributed by atoms with Gasteiger partial charge in [-0.25, -0.2) is 4.57 Å². The molecule has 0 aliphatic heterocycles. The molecule has 0 aliphatic carbocycles. The van der Waals surface area contributed by atoms with E-state index in [-0.39, 0.29) is 38.9 Å². The number of unbranched alkanes of at least 4 members (excludes halogenated alkanes) is 12. The summed E-state index contributed by atoms with van der Waals surface area (Å²) in [5.74, 6) is -1.13. The Labute approximate surface area is 332 Å². The summed E-state index contributed by atoms with van der Waals surface area (Å²) in [7, 11) is 1.26. The molecule has 320 valence electrons. The maximum atomic E-state index is 12.7. The van der Waals surface area contributed by atoms with Crippen molar-refractivity contribution in [3.05, 3.63) is 48.6 Å². The molecule has 0 saturated heterocycles. The van der Waals surface area contributed by atoms with E-state index in [0.29, 0.717) is 17.4 Å². The van der Waals surface area contributed by atoms with Gasteiger partial charge in [0, 0.05) is 12.8 Å². The monoisotopic (exact) mass is 803 g/mol. The Kier molecular flexibility index (Phi) is 32.6. The van der Waals surface area contributed by atoms with Gasteiger partial charge in [-0.05, 0) is 25.7 Å². The summed E-state index contributed by atoms with van der Waals surface area (Å²) in [6, 6.07) is 0. The maximum absolute atomic E-state index is 12.7. The number of ether oxygens (including phenoxy) is 2. The van der Waals surface area contributed by atoms with Crippen LogP contribution in [0.4, 0.5) is 0 Å². The molecule has 0 rings (SSSR count). The second-order valence-electron chi connectivity index (χ2n) is 15.2. The maximum Gasteiger partial charge on any atom is 0.472 e. The average molecular weight is 803 g/mol. The number of carbonyl (C=O) groups excluding carboxylic acids is 2. The topological polar surface area (TPSA) is 169 Å². The number of phosphoric acid groups is 1. The van der Waals surface area contributed by atoms with Gasteiger partial charge in [-0.1, -0.05) is 146 Å². The van der Waals surface area contributed by atoms with Crippen LogP contribution in [0.1, 0.15) is 136 Å². The quantitative estimate of drug-likeness (QED) is 0.0159. The number of hydrogen-bond acceptors (Lipinski definition) is 10. The van der Waals surface area contributed by atoms with Crippen molar-refractivity contribution in [3.8, 4) is 0 Å². The summed E-state index contributed by atoms with van der Waals surface area (Å²) < 4.78 is 33.9. The smallest absolute Gasteiger partial charge is 0.462 e. The number of nitrogens with zero attached hydrogens (tertiary/aromatic N) is 1. The molecule has 0 aromatic heterocycles. The van der Waals surface area contributed by atoms with Crippen molar-refractivity contribution in [2.75, 3.05) is 47.5 Å². The van der Waals surface area contributed by atoms with Crippen molar-refractivity contribution in [2.24, 2.45) is 0 Å². The zero-order valence-corrected chi connectivity index (χ0v) is 35.6. The number of likely N-dealkylation sites (N-methyl/N-ethyl adjacent to an activating group) is 1. The highest BCUT2D eigenvalue weighted by Crippen LogP contribution is 2.43. The van der Waals surface area contributed by atoms with Crippen LogP contribution in [-0.4, -0.2) is 109 Å². The van der Waals surface area contributed by atoms with Crippen LogP contribution in [0.25, 0.3) is 0 Å². The lowest BCUT2D eigenvalue weighted by Crippen LogP contribution is -2.37. The number of esters is 2. The van der Waals surface area contributed by atoms with Crippen LogP contribution >= 0.6 is 7.82 Å². The van der Waals surface area contributed by atoms with Crippen LogP contribution in [0.5, 0.6) is 0 Å². The molecule has 0 saturated carbocycles. The predicted octanol–water partition coefficient (Wildman–Crippen LogP) is 8.04. The summed E-state index contributed by atoms with van der Waals surface area (Å²) in [5.41, 5.74) is 0. The molecule has 5 atom stereocenters. The average Bonchev–Trinajstić information content (AvgIpc) is 3.12. The molecule has 55 heavy (non-hydrogen) atoms. The number of aliphatic hydroxyl groups is 3. The molecule has 0 aromatic carbocycles. The molecule has 0 aromatic rings. The highest BCUT2D eigenvalue weighted by molar-refractivity contribution is 7.47. The Morgan fingerprint density at radius 1 is 0.636 bits per heavy atom. The van der Waals surface area contributed by atoms with Gasteiger partial charge in [-0.3, -0.25) is 18.6 Å². The van der Waals surface area contributed by atoms with Crippen LogP contribution < -0.4 is 0 Å². The van der Waals surface area contributed by atoms with E-state index in [4.69, 9.17) is 18.5 Å². The first-order chi connectivity index (χ1) is 26.2. The van der Waals surface area contributed by atoms with Gasteiger partial charge in [0.15, 0.2) is 6.10 Å². The summed E-state index contributed by atoms with van der Waals surface area (Å²) in [4.78, 5) is 35.3. The normalized spacial score (nSPS) is 15.9. The molecule has 0 amide bonds. The number of carbonyl (C=O) groups is 2. The van der Waals surface area contributed by atoms with Gasteiger partial charge in [0.1, 0.15) is 19.8 Å². The SMILES string of the molecule is CCCCCCCCCCCCCC(=O)OC[C@H](COP(=O)(O)OCC[N+](C)(C)C)OC(=O)CCC[C@H](O)[C@@H](O)/C=C/C=C/C=C\C=C\[C@@H](O)CCCCC. The van der Waals surface area contributed by atoms with Crippen molar-refractivity contribution in [2.45, 2.75) is 160 Å². The standard InChI is InChI=1S/C42H76NO11P/c1-6-8-10-11-12-13-14-15-16-21-25-31-41(47)51-35-38(36-53-55(49,50)52-34-33-43(3,4)5)54-42(48)32-26-30-40(46)39(45)29-24-20-18-17-19-23-28-37(44)27-22-9-7-2/h17-20,23-24,28-29,37-40,44-46H,6-16,21-22,25-27,30-36H2,1-5H3/p+1/b19-17-,20-18+,28-23+,29-24+/t37-,38+,39-,40-/m0/s1. The lowest BCUT2D eigenvalue weighted by Gasteiger charge is -2.24. The molecule has 13 heteroatoms. The number of rotatable bonds is 36. The van der Waals surface area contributed by atoms with Crippen LogP contribution in [-0.2, 0) is 32.7 Å². The van der Waals surface area contributed by atoms with Crippen molar-refractivity contribution in [3.63, 3.8) is 0 Å². The lowest BCUT2D eigenvalue weighted by atomic mass is 10.1. The van der Waals surface area contributed by atoms with Gasteiger partial charge < -0.3 is 34.2 Å². The first-order valence-corrected chi connectivity index (χ1v) is 22.2. The Morgan fingerprint density at radius 3 is 1.76 bits per heavy atom. The van der Waals surface area contributed by atoms with Crippen LogP contribution in [0.15, 0.2) is 48.6 Å². The van der Waals surface area contributed by atoms with Crippen LogP contribution in [0.3, 0.4) is 0 Å². The van der Waals surface area contributed by atoms with Gasteiger partial charge in [0.05, 0.1) is 46.1 Å². The van der Waals surface area contributed by atoms with E-state index in [0.717, 1.165) is 44.9 Å². The molecule has 4 N–H and O–H groups in total. The van der Waals surface area contributed by atoms with E-state index in [2.05, 4.69) is 13.8 Å². The largest absolute Gasteiger partial charge is 0.472 e. The molecule has 1 unspecified atom stereocenters. The third-order valence-electron chi connectivity index (χ3n) is 8.73. The molecule has 0 spiro atoms. The highest BCUT2D eigenvalue weighted by atomic mass is 31.2. The fourth-order valence-corrected chi connectivity index (χ4v) is 6.02. The minimum atomic E-state index is -4.47.